The lowest BCUT2D eigenvalue weighted by molar-refractivity contribution is 0.0784. The highest BCUT2D eigenvalue weighted by atomic mass is 35.5. The molecule has 0 spiro atoms. The summed E-state index contributed by atoms with van der Waals surface area (Å²) in [5, 5.41) is 3.15. The molecule has 1 saturated heterocycles. The van der Waals surface area contributed by atoms with Gasteiger partial charge in [-0.05, 0) is 6.07 Å². The first-order valence-electron chi connectivity index (χ1n) is 5.24. The summed E-state index contributed by atoms with van der Waals surface area (Å²) in [4.78, 5) is 0.0240. The van der Waals surface area contributed by atoms with Gasteiger partial charge in [-0.25, -0.2) is 13.1 Å². The Bertz CT molecular complexity index is 512. The van der Waals surface area contributed by atoms with Gasteiger partial charge in [-0.3, -0.25) is 0 Å². The minimum Gasteiger partial charge on any atom is -0.378 e. The molecule has 2 rings (SSSR count). The van der Waals surface area contributed by atoms with Crippen molar-refractivity contribution in [2.45, 2.75) is 10.9 Å². The van der Waals surface area contributed by atoms with Crippen molar-refractivity contribution in [2.75, 3.05) is 26.3 Å². The van der Waals surface area contributed by atoms with Crippen LogP contribution < -0.4 is 10.0 Å². The molecule has 5 nitrogen and oxygen atoms in total. The molecule has 1 aliphatic heterocycles. The van der Waals surface area contributed by atoms with E-state index in [4.69, 9.17) is 27.9 Å². The van der Waals surface area contributed by atoms with E-state index in [-0.39, 0.29) is 21.8 Å². The third kappa shape index (κ3) is 3.57. The molecule has 1 aromatic heterocycles. The van der Waals surface area contributed by atoms with Gasteiger partial charge >= 0.3 is 0 Å². The third-order valence-corrected chi connectivity index (χ3v) is 5.61. The molecule has 1 fully saturated rings. The van der Waals surface area contributed by atoms with Crippen molar-refractivity contribution in [3.8, 4) is 0 Å². The highest BCUT2D eigenvalue weighted by molar-refractivity contribution is 7.89. The molecule has 102 valence electrons. The van der Waals surface area contributed by atoms with Crippen molar-refractivity contribution in [1.82, 2.24) is 10.0 Å². The van der Waals surface area contributed by atoms with Crippen LogP contribution in [0.15, 0.2) is 11.0 Å². The number of ether oxygens (including phenoxy) is 1. The van der Waals surface area contributed by atoms with Crippen LogP contribution >= 0.6 is 34.5 Å². The second-order valence-corrected chi connectivity index (χ2v) is 7.79. The minimum absolute atomic E-state index is 0.0240. The van der Waals surface area contributed by atoms with Crippen LogP contribution in [0.2, 0.25) is 8.67 Å². The number of hydrogen-bond donors (Lipinski definition) is 2. The van der Waals surface area contributed by atoms with Crippen LogP contribution in [0.4, 0.5) is 0 Å². The lowest BCUT2D eigenvalue weighted by Gasteiger charge is -2.23. The molecule has 1 atom stereocenters. The van der Waals surface area contributed by atoms with Crippen LogP contribution in [-0.4, -0.2) is 40.8 Å². The number of sulfonamides is 1. The van der Waals surface area contributed by atoms with E-state index in [1.54, 1.807) is 0 Å². The standard InChI is InChI=1S/C9H12Cl2N2O3S2/c10-8-3-7(9(11)17-8)18(14,15)13-4-6-5-16-2-1-12-6/h3,6,12-13H,1-2,4-5H2. The maximum Gasteiger partial charge on any atom is 0.243 e. The van der Waals surface area contributed by atoms with Gasteiger partial charge in [0, 0.05) is 19.1 Å². The molecule has 2 heterocycles. The topological polar surface area (TPSA) is 67.4 Å². The van der Waals surface area contributed by atoms with E-state index < -0.39 is 10.0 Å². The van der Waals surface area contributed by atoms with E-state index >= 15 is 0 Å². The van der Waals surface area contributed by atoms with E-state index in [2.05, 4.69) is 10.0 Å². The number of hydrogen-bond acceptors (Lipinski definition) is 5. The summed E-state index contributed by atoms with van der Waals surface area (Å²) in [6.45, 7) is 2.11. The lowest BCUT2D eigenvalue weighted by atomic mass is 10.3. The highest BCUT2D eigenvalue weighted by Gasteiger charge is 2.22. The van der Waals surface area contributed by atoms with Gasteiger partial charge in [-0.15, -0.1) is 11.3 Å². The Hall–Kier alpha value is 0.110. The molecule has 0 amide bonds. The molecule has 2 N–H and O–H groups in total. The predicted octanol–water partition coefficient (Wildman–Crippen LogP) is 1.32. The molecule has 0 saturated carbocycles. The molecule has 0 radical (unpaired) electrons. The maximum atomic E-state index is 12.0. The van der Waals surface area contributed by atoms with Crippen LogP contribution in [-0.2, 0) is 14.8 Å². The van der Waals surface area contributed by atoms with Crippen molar-refractivity contribution in [2.24, 2.45) is 0 Å². The first-order chi connectivity index (χ1) is 8.49. The van der Waals surface area contributed by atoms with E-state index in [9.17, 15) is 8.42 Å². The number of morpholine rings is 1. The quantitative estimate of drug-likeness (QED) is 0.873. The van der Waals surface area contributed by atoms with Gasteiger partial charge in [0.15, 0.2) is 0 Å². The zero-order valence-electron chi connectivity index (χ0n) is 9.28. The van der Waals surface area contributed by atoms with Gasteiger partial charge in [-0.2, -0.15) is 0 Å². The Labute approximate surface area is 119 Å². The molecule has 18 heavy (non-hydrogen) atoms. The summed E-state index contributed by atoms with van der Waals surface area (Å²) >= 11 is 12.6. The fourth-order valence-electron chi connectivity index (χ4n) is 1.55. The Kier molecular flexibility index (Phi) is 4.87. The maximum absolute atomic E-state index is 12.0. The summed E-state index contributed by atoms with van der Waals surface area (Å²) < 4.78 is 32.2. The molecule has 1 unspecified atom stereocenters. The molecule has 0 bridgehead atoms. The Balaban J connectivity index is 2.01. The second-order valence-electron chi connectivity index (χ2n) is 3.77. The minimum atomic E-state index is -3.62. The second kappa shape index (κ2) is 6.04. The van der Waals surface area contributed by atoms with Crippen LogP contribution in [0.1, 0.15) is 0 Å². The van der Waals surface area contributed by atoms with Gasteiger partial charge in [0.05, 0.1) is 17.6 Å². The number of halogens is 2. The van der Waals surface area contributed by atoms with Gasteiger partial charge in [-0.1, -0.05) is 23.2 Å². The van der Waals surface area contributed by atoms with Crippen LogP contribution in [0.3, 0.4) is 0 Å². The molecule has 1 aliphatic rings. The predicted molar refractivity (Wildman–Crippen MR) is 72.1 cm³/mol. The van der Waals surface area contributed by atoms with Crippen LogP contribution in [0, 0.1) is 0 Å². The van der Waals surface area contributed by atoms with Gasteiger partial charge < -0.3 is 10.1 Å². The third-order valence-electron chi connectivity index (χ3n) is 2.43. The molecule has 1 aromatic rings. The SMILES string of the molecule is O=S(=O)(NCC1COCCN1)c1cc(Cl)sc1Cl. The summed E-state index contributed by atoms with van der Waals surface area (Å²) in [6.07, 6.45) is 0. The Morgan fingerprint density at radius 3 is 2.89 bits per heavy atom. The summed E-state index contributed by atoms with van der Waals surface area (Å²) in [6, 6.07) is 1.32. The first-order valence-corrected chi connectivity index (χ1v) is 8.30. The molecular formula is C9H12Cl2N2O3S2. The molecular weight excluding hydrogens is 319 g/mol. The number of thiophene rings is 1. The van der Waals surface area contributed by atoms with Gasteiger partial charge in [0.25, 0.3) is 0 Å². The largest absolute Gasteiger partial charge is 0.378 e. The molecule has 0 aromatic carbocycles. The monoisotopic (exact) mass is 330 g/mol. The first kappa shape index (κ1) is 14.5. The van der Waals surface area contributed by atoms with Crippen molar-refractivity contribution < 1.29 is 13.2 Å². The van der Waals surface area contributed by atoms with Crippen LogP contribution in [0.25, 0.3) is 0 Å². The van der Waals surface area contributed by atoms with E-state index in [1.165, 1.54) is 6.07 Å². The van der Waals surface area contributed by atoms with Crippen molar-refractivity contribution in [3.05, 3.63) is 14.7 Å². The van der Waals surface area contributed by atoms with E-state index in [0.29, 0.717) is 17.6 Å². The summed E-state index contributed by atoms with van der Waals surface area (Å²) in [7, 11) is -3.62. The van der Waals surface area contributed by atoms with E-state index in [0.717, 1.165) is 17.9 Å². The lowest BCUT2D eigenvalue weighted by Crippen LogP contribution is -2.48. The summed E-state index contributed by atoms with van der Waals surface area (Å²) in [5.74, 6) is 0. The molecule has 9 heteroatoms. The van der Waals surface area contributed by atoms with Crippen molar-refractivity contribution >= 4 is 44.6 Å². The summed E-state index contributed by atoms with van der Waals surface area (Å²) in [5.41, 5.74) is 0. The Morgan fingerprint density at radius 1 is 1.56 bits per heavy atom. The zero-order valence-corrected chi connectivity index (χ0v) is 12.4. The Morgan fingerprint density at radius 2 is 2.33 bits per heavy atom. The zero-order chi connectivity index (χ0) is 13.2. The normalized spacial score (nSPS) is 21.1. The average Bonchev–Trinajstić information content (AvgIpc) is 2.68. The highest BCUT2D eigenvalue weighted by Crippen LogP contribution is 2.33. The fraction of sp³-hybridized carbons (Fsp3) is 0.556. The van der Waals surface area contributed by atoms with Crippen molar-refractivity contribution in [3.63, 3.8) is 0 Å². The number of rotatable bonds is 4. The van der Waals surface area contributed by atoms with E-state index in [1.807, 2.05) is 0 Å². The smallest absolute Gasteiger partial charge is 0.243 e. The van der Waals surface area contributed by atoms with Gasteiger partial charge in [0.2, 0.25) is 10.0 Å². The van der Waals surface area contributed by atoms with Gasteiger partial charge in [0.1, 0.15) is 9.23 Å². The van der Waals surface area contributed by atoms with Crippen LogP contribution in [0.5, 0.6) is 0 Å². The fourth-order valence-corrected chi connectivity index (χ4v) is 4.78. The van der Waals surface area contributed by atoms with Crippen molar-refractivity contribution in [1.29, 1.82) is 0 Å². The number of nitrogens with one attached hydrogen (secondary N) is 2. The molecule has 0 aliphatic carbocycles. The average molecular weight is 331 g/mol.